The molecule has 0 aliphatic carbocycles. The maximum atomic E-state index is 12.6. The minimum atomic E-state index is 0.0532. The van der Waals surface area contributed by atoms with Crippen molar-refractivity contribution in [2.75, 3.05) is 26.2 Å². The van der Waals surface area contributed by atoms with Crippen molar-refractivity contribution in [1.82, 2.24) is 14.8 Å². The van der Waals surface area contributed by atoms with Crippen molar-refractivity contribution in [1.29, 1.82) is 0 Å². The molecule has 0 aromatic carbocycles. The number of hydrogen-bond donors (Lipinski definition) is 0. The molecule has 7 heteroatoms. The Hall–Kier alpha value is -1.73. The predicted molar refractivity (Wildman–Crippen MR) is 99.1 cm³/mol. The van der Waals surface area contributed by atoms with Crippen LogP contribution in [-0.4, -0.2) is 52.8 Å². The summed E-state index contributed by atoms with van der Waals surface area (Å²) >= 11 is 2.96. The van der Waals surface area contributed by atoms with Gasteiger partial charge in [-0.3, -0.25) is 9.59 Å². The highest BCUT2D eigenvalue weighted by Gasteiger charge is 2.41. The van der Waals surface area contributed by atoms with Gasteiger partial charge in [-0.2, -0.15) is 0 Å². The molecule has 2 aliphatic rings. The summed E-state index contributed by atoms with van der Waals surface area (Å²) in [5, 5.41) is 3.77. The van der Waals surface area contributed by atoms with E-state index in [9.17, 15) is 9.59 Å². The smallest absolute Gasteiger partial charge is 0.273 e. The molecule has 0 radical (unpaired) electrons. The molecule has 4 rings (SSSR count). The minimum Gasteiger partial charge on any atom is -0.338 e. The normalized spacial score (nSPS) is 20.0. The largest absolute Gasteiger partial charge is 0.338 e. The van der Waals surface area contributed by atoms with E-state index in [1.54, 1.807) is 5.51 Å². The Morgan fingerprint density at radius 1 is 1.08 bits per heavy atom. The van der Waals surface area contributed by atoms with Crippen molar-refractivity contribution in [3.8, 4) is 0 Å². The van der Waals surface area contributed by atoms with Crippen LogP contribution < -0.4 is 0 Å². The number of thiophene rings is 1. The summed E-state index contributed by atoms with van der Waals surface area (Å²) < 4.78 is 0. The highest BCUT2D eigenvalue weighted by Crippen LogP contribution is 2.40. The average Bonchev–Trinajstić information content (AvgIpc) is 3.35. The van der Waals surface area contributed by atoms with Gasteiger partial charge in [0.1, 0.15) is 5.69 Å². The number of carbonyl (C=O) groups is 2. The fraction of sp³-hybridized carbons (Fsp3) is 0.500. The van der Waals surface area contributed by atoms with E-state index in [4.69, 9.17) is 0 Å². The Kier molecular flexibility index (Phi) is 4.60. The van der Waals surface area contributed by atoms with Crippen LogP contribution >= 0.6 is 22.7 Å². The van der Waals surface area contributed by atoms with Crippen LogP contribution in [0.15, 0.2) is 28.4 Å². The summed E-state index contributed by atoms with van der Waals surface area (Å²) in [4.78, 5) is 34.1. The molecule has 2 aromatic heterocycles. The van der Waals surface area contributed by atoms with Gasteiger partial charge in [-0.25, -0.2) is 4.98 Å². The van der Waals surface area contributed by atoms with Gasteiger partial charge in [-0.1, -0.05) is 6.07 Å². The summed E-state index contributed by atoms with van der Waals surface area (Å²) in [7, 11) is 0. The van der Waals surface area contributed by atoms with Gasteiger partial charge in [-0.05, 0) is 42.5 Å². The standard InChI is InChI=1S/C18H21N3O2S2/c22-16(14-11-24-13-19-14)21-7-2-4-18(12-21)5-8-20(9-6-18)17(23)15-3-1-10-25-15/h1,3,10-11,13H,2,4-9,12H2. The first-order valence-electron chi connectivity index (χ1n) is 8.67. The number of aromatic nitrogens is 1. The zero-order valence-corrected chi connectivity index (χ0v) is 15.7. The van der Waals surface area contributed by atoms with E-state index in [1.165, 1.54) is 22.7 Å². The highest BCUT2D eigenvalue weighted by molar-refractivity contribution is 7.12. The zero-order valence-electron chi connectivity index (χ0n) is 14.0. The summed E-state index contributed by atoms with van der Waals surface area (Å²) in [6.07, 6.45) is 4.14. The highest BCUT2D eigenvalue weighted by atomic mass is 32.1. The third-order valence-electron chi connectivity index (χ3n) is 5.44. The van der Waals surface area contributed by atoms with Crippen LogP contribution in [0.5, 0.6) is 0 Å². The maximum Gasteiger partial charge on any atom is 0.273 e. The van der Waals surface area contributed by atoms with Crippen LogP contribution in [0, 0.1) is 5.41 Å². The first-order valence-corrected chi connectivity index (χ1v) is 10.5. The minimum absolute atomic E-state index is 0.0532. The third-order valence-corrected chi connectivity index (χ3v) is 6.89. The van der Waals surface area contributed by atoms with Crippen molar-refractivity contribution in [2.24, 2.45) is 5.41 Å². The van der Waals surface area contributed by atoms with Crippen LogP contribution in [0.1, 0.15) is 45.8 Å². The quantitative estimate of drug-likeness (QED) is 0.809. The topological polar surface area (TPSA) is 53.5 Å². The first-order chi connectivity index (χ1) is 12.2. The number of rotatable bonds is 2. The van der Waals surface area contributed by atoms with Gasteiger partial charge in [-0.15, -0.1) is 22.7 Å². The molecule has 2 aromatic rings. The van der Waals surface area contributed by atoms with Crippen molar-refractivity contribution >= 4 is 34.5 Å². The maximum absolute atomic E-state index is 12.6. The predicted octanol–water partition coefficient (Wildman–Crippen LogP) is 3.36. The number of carbonyl (C=O) groups excluding carboxylic acids is 2. The molecule has 0 saturated carbocycles. The van der Waals surface area contributed by atoms with Gasteiger partial charge in [0.05, 0.1) is 10.4 Å². The average molecular weight is 376 g/mol. The van der Waals surface area contributed by atoms with Crippen molar-refractivity contribution in [3.05, 3.63) is 39.0 Å². The summed E-state index contributed by atoms with van der Waals surface area (Å²) in [5.74, 6) is 0.202. The van der Waals surface area contributed by atoms with E-state index in [1.807, 2.05) is 32.7 Å². The molecule has 2 aliphatic heterocycles. The van der Waals surface area contributed by atoms with Crippen LogP contribution in [0.2, 0.25) is 0 Å². The number of hydrogen-bond acceptors (Lipinski definition) is 5. The second-order valence-corrected chi connectivity index (χ2v) is 8.64. The lowest BCUT2D eigenvalue weighted by molar-refractivity contribution is 0.0201. The van der Waals surface area contributed by atoms with E-state index in [-0.39, 0.29) is 17.2 Å². The Bertz CT molecular complexity index is 734. The SMILES string of the molecule is O=C(c1cscn1)N1CCCC2(CCN(C(=O)c3cccs3)CC2)C1. The van der Waals surface area contributed by atoms with Gasteiger partial charge in [0, 0.05) is 31.6 Å². The van der Waals surface area contributed by atoms with Crippen LogP contribution in [0.4, 0.5) is 0 Å². The van der Waals surface area contributed by atoms with Crippen LogP contribution in [0.3, 0.4) is 0 Å². The Morgan fingerprint density at radius 2 is 1.92 bits per heavy atom. The molecular formula is C18H21N3O2S2. The molecule has 4 heterocycles. The molecule has 5 nitrogen and oxygen atoms in total. The monoisotopic (exact) mass is 375 g/mol. The molecule has 0 N–H and O–H groups in total. The fourth-order valence-corrected chi connectivity index (χ4v) is 5.23. The zero-order chi connectivity index (χ0) is 17.3. The molecule has 0 unspecified atom stereocenters. The van der Waals surface area contributed by atoms with Crippen molar-refractivity contribution in [3.63, 3.8) is 0 Å². The van der Waals surface area contributed by atoms with Crippen LogP contribution in [-0.2, 0) is 0 Å². The lowest BCUT2D eigenvalue weighted by Crippen LogP contribution is -2.52. The summed E-state index contributed by atoms with van der Waals surface area (Å²) in [5.41, 5.74) is 2.44. The molecule has 132 valence electrons. The Balaban J connectivity index is 1.40. The molecule has 2 amide bonds. The van der Waals surface area contributed by atoms with Gasteiger partial charge < -0.3 is 9.80 Å². The number of piperidine rings is 2. The van der Waals surface area contributed by atoms with Gasteiger partial charge in [0.2, 0.25) is 0 Å². The molecule has 2 fully saturated rings. The third kappa shape index (κ3) is 3.35. The van der Waals surface area contributed by atoms with E-state index >= 15 is 0 Å². The number of thiazole rings is 1. The summed E-state index contributed by atoms with van der Waals surface area (Å²) in [6, 6.07) is 3.82. The number of amides is 2. The Morgan fingerprint density at radius 3 is 2.60 bits per heavy atom. The van der Waals surface area contributed by atoms with Crippen molar-refractivity contribution in [2.45, 2.75) is 25.7 Å². The van der Waals surface area contributed by atoms with Gasteiger partial charge in [0.15, 0.2) is 0 Å². The van der Waals surface area contributed by atoms with Crippen LogP contribution in [0.25, 0.3) is 0 Å². The molecule has 0 atom stereocenters. The number of nitrogens with zero attached hydrogens (tertiary/aromatic N) is 3. The van der Waals surface area contributed by atoms with E-state index in [2.05, 4.69) is 4.98 Å². The van der Waals surface area contributed by atoms with E-state index in [0.717, 1.165) is 56.7 Å². The molecule has 25 heavy (non-hydrogen) atoms. The lowest BCUT2D eigenvalue weighted by Gasteiger charge is -2.47. The van der Waals surface area contributed by atoms with E-state index in [0.29, 0.717) is 5.69 Å². The van der Waals surface area contributed by atoms with Gasteiger partial charge in [0.25, 0.3) is 11.8 Å². The van der Waals surface area contributed by atoms with Crippen molar-refractivity contribution < 1.29 is 9.59 Å². The molecular weight excluding hydrogens is 354 g/mol. The second-order valence-electron chi connectivity index (χ2n) is 6.97. The lowest BCUT2D eigenvalue weighted by atomic mass is 9.72. The first kappa shape index (κ1) is 16.7. The summed E-state index contributed by atoms with van der Waals surface area (Å²) in [6.45, 7) is 3.19. The van der Waals surface area contributed by atoms with Gasteiger partial charge >= 0.3 is 0 Å². The number of likely N-dealkylation sites (tertiary alicyclic amines) is 2. The molecule has 1 spiro atoms. The molecule has 2 saturated heterocycles. The Labute approximate surface area is 155 Å². The second kappa shape index (κ2) is 6.88. The van der Waals surface area contributed by atoms with E-state index < -0.39 is 0 Å². The molecule has 0 bridgehead atoms. The fourth-order valence-electron chi connectivity index (χ4n) is 4.01.